The molecule has 0 aromatic carbocycles. The summed E-state index contributed by atoms with van der Waals surface area (Å²) in [6.07, 6.45) is -4.36. The Kier molecular flexibility index (Phi) is 1.79. The summed E-state index contributed by atoms with van der Waals surface area (Å²) in [6, 6.07) is -0.787. The van der Waals surface area contributed by atoms with E-state index in [1.165, 1.54) is 0 Å². The van der Waals surface area contributed by atoms with Crippen molar-refractivity contribution in [3.63, 3.8) is 0 Å². The van der Waals surface area contributed by atoms with Crippen LogP contribution in [0.3, 0.4) is 0 Å². The van der Waals surface area contributed by atoms with Gasteiger partial charge in [0, 0.05) is 12.1 Å². The number of amides is 1. The second kappa shape index (κ2) is 2.37. The number of nitrogens with two attached hydrogens (primary N) is 1. The van der Waals surface area contributed by atoms with E-state index in [-0.39, 0.29) is 6.04 Å². The highest BCUT2D eigenvalue weighted by molar-refractivity contribution is 5.82. The van der Waals surface area contributed by atoms with Crippen LogP contribution in [0.1, 0.15) is 6.42 Å². The lowest BCUT2D eigenvalue weighted by molar-refractivity contribution is -0.173. The highest BCUT2D eigenvalue weighted by Gasteiger charge is 2.44. The number of nitrogens with one attached hydrogen (secondary N) is 1. The van der Waals surface area contributed by atoms with Gasteiger partial charge in [-0.25, -0.2) is 0 Å². The predicted octanol–water partition coefficient (Wildman–Crippen LogP) is -0.236. The molecule has 2 unspecified atom stereocenters. The first-order valence-electron chi connectivity index (χ1n) is 3.04. The Hall–Kier alpha value is -0.780. The fourth-order valence-electron chi connectivity index (χ4n) is 0.631. The van der Waals surface area contributed by atoms with Crippen LogP contribution in [0.4, 0.5) is 13.2 Å². The lowest BCUT2D eigenvalue weighted by Gasteiger charge is -2.05. The van der Waals surface area contributed by atoms with Crippen LogP contribution < -0.4 is 11.1 Å². The molecule has 0 spiro atoms. The molecule has 0 aromatic heterocycles. The zero-order valence-corrected chi connectivity index (χ0v) is 5.48. The predicted molar refractivity (Wildman–Crippen MR) is 30.6 cm³/mol. The molecule has 2 atom stereocenters. The van der Waals surface area contributed by atoms with Crippen molar-refractivity contribution in [3.8, 4) is 0 Å². The Morgan fingerprint density at radius 3 is 2.27 bits per heavy atom. The van der Waals surface area contributed by atoms with E-state index in [0.29, 0.717) is 6.42 Å². The Morgan fingerprint density at radius 2 is 2.00 bits per heavy atom. The van der Waals surface area contributed by atoms with E-state index in [2.05, 4.69) is 0 Å². The van der Waals surface area contributed by atoms with Crippen molar-refractivity contribution in [2.24, 2.45) is 5.73 Å². The zero-order chi connectivity index (χ0) is 8.65. The molecule has 0 radical (unpaired) electrons. The average molecular weight is 168 g/mol. The van der Waals surface area contributed by atoms with Gasteiger partial charge >= 0.3 is 12.1 Å². The van der Waals surface area contributed by atoms with E-state index in [4.69, 9.17) is 5.73 Å². The smallest absolute Gasteiger partial charge is 0.344 e. The molecule has 0 saturated heterocycles. The van der Waals surface area contributed by atoms with Crippen molar-refractivity contribution < 1.29 is 18.0 Å². The van der Waals surface area contributed by atoms with E-state index in [1.54, 1.807) is 5.32 Å². The van der Waals surface area contributed by atoms with Gasteiger partial charge in [0.15, 0.2) is 0 Å². The molecule has 1 amide bonds. The van der Waals surface area contributed by atoms with Crippen molar-refractivity contribution in [2.75, 3.05) is 0 Å². The fourth-order valence-corrected chi connectivity index (χ4v) is 0.631. The number of hydrogen-bond acceptors (Lipinski definition) is 2. The largest absolute Gasteiger partial charge is 0.471 e. The number of rotatable bonds is 1. The monoisotopic (exact) mass is 168 g/mol. The third kappa shape index (κ3) is 2.07. The van der Waals surface area contributed by atoms with Crippen LogP contribution in [-0.2, 0) is 4.79 Å². The SMILES string of the molecule is NC1CC1NC(=O)C(F)(F)F. The highest BCUT2D eigenvalue weighted by Crippen LogP contribution is 2.21. The summed E-state index contributed by atoms with van der Waals surface area (Å²) in [7, 11) is 0. The van der Waals surface area contributed by atoms with Crippen LogP contribution in [0.5, 0.6) is 0 Å². The fraction of sp³-hybridized carbons (Fsp3) is 0.800. The summed E-state index contributed by atoms with van der Waals surface area (Å²) in [6.45, 7) is 0. The summed E-state index contributed by atoms with van der Waals surface area (Å²) in [4.78, 5) is 10.2. The van der Waals surface area contributed by atoms with E-state index in [0.717, 1.165) is 0 Å². The molecule has 1 saturated carbocycles. The van der Waals surface area contributed by atoms with Crippen molar-refractivity contribution in [3.05, 3.63) is 0 Å². The van der Waals surface area contributed by atoms with Gasteiger partial charge in [-0.1, -0.05) is 0 Å². The molecule has 0 aromatic rings. The van der Waals surface area contributed by atoms with Crippen molar-refractivity contribution in [1.29, 1.82) is 0 Å². The van der Waals surface area contributed by atoms with Gasteiger partial charge in [0.05, 0.1) is 0 Å². The van der Waals surface area contributed by atoms with Gasteiger partial charge < -0.3 is 11.1 Å². The van der Waals surface area contributed by atoms with E-state index >= 15 is 0 Å². The van der Waals surface area contributed by atoms with E-state index in [9.17, 15) is 18.0 Å². The van der Waals surface area contributed by atoms with E-state index < -0.39 is 18.1 Å². The maximum Gasteiger partial charge on any atom is 0.471 e. The minimum absolute atomic E-state index is 0.304. The molecule has 0 bridgehead atoms. The first-order valence-corrected chi connectivity index (χ1v) is 3.04. The molecular weight excluding hydrogens is 161 g/mol. The molecule has 64 valence electrons. The van der Waals surface area contributed by atoms with Crippen molar-refractivity contribution >= 4 is 5.91 Å². The second-order valence-electron chi connectivity index (χ2n) is 2.48. The van der Waals surface area contributed by atoms with Gasteiger partial charge in [0.2, 0.25) is 0 Å². The molecular formula is C5H7F3N2O. The Balaban J connectivity index is 2.33. The van der Waals surface area contributed by atoms with Gasteiger partial charge in [-0.3, -0.25) is 4.79 Å². The summed E-state index contributed by atoms with van der Waals surface area (Å²) < 4.78 is 34.5. The summed E-state index contributed by atoms with van der Waals surface area (Å²) in [5.41, 5.74) is 5.18. The first kappa shape index (κ1) is 8.32. The van der Waals surface area contributed by atoms with Crippen LogP contribution in [0.2, 0.25) is 0 Å². The minimum Gasteiger partial charge on any atom is -0.344 e. The van der Waals surface area contributed by atoms with Crippen LogP contribution in [0.25, 0.3) is 0 Å². The molecule has 1 aliphatic carbocycles. The molecule has 0 heterocycles. The van der Waals surface area contributed by atoms with Crippen LogP contribution >= 0.6 is 0 Å². The molecule has 11 heavy (non-hydrogen) atoms. The maximum absolute atomic E-state index is 11.5. The number of carbonyl (C=O) groups excluding carboxylic acids is 1. The Labute approximate surface area is 60.7 Å². The maximum atomic E-state index is 11.5. The van der Waals surface area contributed by atoms with E-state index in [1.807, 2.05) is 0 Å². The van der Waals surface area contributed by atoms with Crippen LogP contribution in [0.15, 0.2) is 0 Å². The van der Waals surface area contributed by atoms with Crippen molar-refractivity contribution in [2.45, 2.75) is 24.7 Å². The van der Waals surface area contributed by atoms with Gasteiger partial charge in [-0.15, -0.1) is 0 Å². The highest BCUT2D eigenvalue weighted by atomic mass is 19.4. The molecule has 0 aliphatic heterocycles. The Bertz CT molecular complexity index is 179. The molecule has 1 aliphatic rings. The standard InChI is InChI=1S/C5H7F3N2O/c6-5(7,8)4(11)10-3-1-2(3)9/h2-3H,1,9H2,(H,10,11). The molecule has 3 N–H and O–H groups in total. The third-order valence-corrected chi connectivity index (χ3v) is 1.41. The van der Waals surface area contributed by atoms with Gasteiger partial charge in [-0.05, 0) is 6.42 Å². The van der Waals surface area contributed by atoms with Crippen LogP contribution in [0, 0.1) is 0 Å². The topological polar surface area (TPSA) is 55.1 Å². The number of hydrogen-bond donors (Lipinski definition) is 2. The van der Waals surface area contributed by atoms with Gasteiger partial charge in [0.25, 0.3) is 0 Å². The number of alkyl halides is 3. The lowest BCUT2D eigenvalue weighted by Crippen LogP contribution is -2.39. The summed E-state index contributed by atoms with van der Waals surface area (Å²) in [5, 5.41) is 1.75. The zero-order valence-electron chi connectivity index (χ0n) is 5.48. The molecule has 3 nitrogen and oxygen atoms in total. The summed E-state index contributed by atoms with van der Waals surface area (Å²) in [5.74, 6) is -1.91. The average Bonchev–Trinajstić information content (AvgIpc) is 2.44. The third-order valence-electron chi connectivity index (χ3n) is 1.41. The molecule has 6 heteroatoms. The summed E-state index contributed by atoms with van der Waals surface area (Å²) >= 11 is 0. The molecule has 1 fully saturated rings. The van der Waals surface area contributed by atoms with Crippen LogP contribution in [-0.4, -0.2) is 24.2 Å². The normalized spacial score (nSPS) is 29.8. The quantitative estimate of drug-likeness (QED) is 0.568. The lowest BCUT2D eigenvalue weighted by atomic mass is 10.5. The number of halogens is 3. The van der Waals surface area contributed by atoms with Gasteiger partial charge in [0.1, 0.15) is 0 Å². The Morgan fingerprint density at radius 1 is 1.55 bits per heavy atom. The van der Waals surface area contributed by atoms with Gasteiger partial charge in [-0.2, -0.15) is 13.2 Å². The first-order chi connectivity index (χ1) is 4.91. The number of carbonyl (C=O) groups is 1. The molecule has 1 rings (SSSR count). The minimum atomic E-state index is -4.79. The second-order valence-corrected chi connectivity index (χ2v) is 2.48. The van der Waals surface area contributed by atoms with Crippen molar-refractivity contribution in [1.82, 2.24) is 5.32 Å².